The normalized spacial score (nSPS) is 19.3. The van der Waals surface area contributed by atoms with E-state index in [0.29, 0.717) is 18.2 Å². The van der Waals surface area contributed by atoms with Gasteiger partial charge in [-0.15, -0.1) is 12.4 Å². The van der Waals surface area contributed by atoms with Crippen molar-refractivity contribution in [1.82, 2.24) is 15.2 Å². The van der Waals surface area contributed by atoms with Crippen LogP contribution in [0.1, 0.15) is 16.9 Å². The topological polar surface area (TPSA) is 48.1 Å². The third kappa shape index (κ3) is 4.15. The molecule has 0 amide bonds. The highest BCUT2D eigenvalue weighted by molar-refractivity contribution is 5.95. The van der Waals surface area contributed by atoms with Crippen molar-refractivity contribution < 1.29 is 4.79 Å². The monoisotopic (exact) mass is 257 g/mol. The molecule has 1 saturated heterocycles. The van der Waals surface area contributed by atoms with Crippen LogP contribution in [0.15, 0.2) is 18.3 Å². The predicted octanol–water partition coefficient (Wildman–Crippen LogP) is 1.16. The maximum Gasteiger partial charge on any atom is 0.192 e. The highest BCUT2D eigenvalue weighted by atomic mass is 35.5. The first kappa shape index (κ1) is 14.2. The third-order valence-corrected chi connectivity index (χ3v) is 3.04. The molecule has 0 aliphatic carbocycles. The van der Waals surface area contributed by atoms with E-state index in [-0.39, 0.29) is 18.2 Å². The number of hydrogen-bond donors (Lipinski definition) is 2. The molecule has 2 N–H and O–H groups in total. The van der Waals surface area contributed by atoms with Crippen LogP contribution in [0.25, 0.3) is 0 Å². The number of hydrogen-bond acceptors (Lipinski definition) is 3. The van der Waals surface area contributed by atoms with E-state index in [1.807, 2.05) is 19.2 Å². The van der Waals surface area contributed by atoms with Gasteiger partial charge in [0.2, 0.25) is 0 Å². The molecule has 1 aliphatic heterocycles. The van der Waals surface area contributed by atoms with Gasteiger partial charge in [0, 0.05) is 12.7 Å². The van der Waals surface area contributed by atoms with E-state index in [1.54, 1.807) is 6.20 Å². The summed E-state index contributed by atoms with van der Waals surface area (Å²) in [7, 11) is 2.01. The lowest BCUT2D eigenvalue weighted by Gasteiger charge is -2.19. The molecule has 0 radical (unpaired) electrons. The molecule has 1 atom stereocenters. The predicted molar refractivity (Wildman–Crippen MR) is 70.8 cm³/mol. The summed E-state index contributed by atoms with van der Waals surface area (Å²) in [6, 6.07) is 3.68. The molecule has 2 heterocycles. The fourth-order valence-corrected chi connectivity index (χ4v) is 2.21. The molecule has 0 bridgehead atoms. The van der Waals surface area contributed by atoms with Crippen LogP contribution >= 0.6 is 12.4 Å². The first-order valence-corrected chi connectivity index (χ1v) is 5.81. The Kier molecular flexibility index (Phi) is 5.68. The van der Waals surface area contributed by atoms with Gasteiger partial charge in [-0.05, 0) is 44.6 Å². The molecule has 1 fully saturated rings. The summed E-state index contributed by atoms with van der Waals surface area (Å²) >= 11 is 0. The zero-order chi connectivity index (χ0) is 11.4. The van der Waals surface area contributed by atoms with Gasteiger partial charge in [-0.2, -0.15) is 0 Å². The van der Waals surface area contributed by atoms with Crippen molar-refractivity contribution in [3.63, 3.8) is 0 Å². The fourth-order valence-electron chi connectivity index (χ4n) is 2.21. The number of Topliss-reactive ketones (excluding diaryl/α,β-unsaturated/α-hetero) is 1. The average molecular weight is 258 g/mol. The van der Waals surface area contributed by atoms with Crippen molar-refractivity contribution in [3.05, 3.63) is 24.0 Å². The van der Waals surface area contributed by atoms with Crippen LogP contribution in [0.4, 0.5) is 0 Å². The zero-order valence-electron chi connectivity index (χ0n) is 10.1. The first-order valence-electron chi connectivity index (χ1n) is 5.81. The van der Waals surface area contributed by atoms with Crippen molar-refractivity contribution >= 4 is 18.2 Å². The fraction of sp³-hybridized carbons (Fsp3) is 0.583. The van der Waals surface area contributed by atoms with Gasteiger partial charge in [-0.3, -0.25) is 9.69 Å². The summed E-state index contributed by atoms with van der Waals surface area (Å²) in [6.45, 7) is 3.70. The quantitative estimate of drug-likeness (QED) is 0.779. The smallest absolute Gasteiger partial charge is 0.192 e. The van der Waals surface area contributed by atoms with Crippen molar-refractivity contribution in [3.8, 4) is 0 Å². The molecule has 1 aromatic heterocycles. The molecule has 5 heteroatoms. The van der Waals surface area contributed by atoms with E-state index in [0.717, 1.165) is 19.6 Å². The SMILES string of the molecule is CN(CC(=O)c1ccc[nH]1)CC1CCNC1.Cl. The van der Waals surface area contributed by atoms with E-state index < -0.39 is 0 Å². The third-order valence-electron chi connectivity index (χ3n) is 3.04. The summed E-state index contributed by atoms with van der Waals surface area (Å²) in [5.74, 6) is 0.861. The second kappa shape index (κ2) is 6.79. The molecule has 0 saturated carbocycles. The number of carbonyl (C=O) groups excluding carboxylic acids is 1. The standard InChI is InChI=1S/C12H19N3O.ClH/c1-15(8-10-4-6-13-7-10)9-12(16)11-3-2-5-14-11;/h2-3,5,10,13-14H,4,6-9H2,1H3;1H. The second-order valence-electron chi connectivity index (χ2n) is 4.56. The van der Waals surface area contributed by atoms with Gasteiger partial charge in [-0.25, -0.2) is 0 Å². The van der Waals surface area contributed by atoms with Crippen LogP contribution in [0.5, 0.6) is 0 Å². The van der Waals surface area contributed by atoms with Gasteiger partial charge < -0.3 is 10.3 Å². The number of H-pyrrole nitrogens is 1. The Morgan fingerprint density at radius 3 is 3.00 bits per heavy atom. The van der Waals surface area contributed by atoms with Crippen LogP contribution < -0.4 is 5.32 Å². The van der Waals surface area contributed by atoms with E-state index in [2.05, 4.69) is 15.2 Å². The lowest BCUT2D eigenvalue weighted by Crippen LogP contribution is -2.31. The Morgan fingerprint density at radius 2 is 2.41 bits per heavy atom. The van der Waals surface area contributed by atoms with E-state index in [1.165, 1.54) is 6.42 Å². The number of carbonyl (C=O) groups is 1. The van der Waals surface area contributed by atoms with Crippen LogP contribution in [-0.4, -0.2) is 48.9 Å². The van der Waals surface area contributed by atoms with Gasteiger partial charge in [0.05, 0.1) is 12.2 Å². The Labute approximate surface area is 108 Å². The van der Waals surface area contributed by atoms with Crippen LogP contribution in [0.2, 0.25) is 0 Å². The van der Waals surface area contributed by atoms with Gasteiger partial charge in [-0.1, -0.05) is 0 Å². The Balaban J connectivity index is 0.00000144. The number of nitrogens with one attached hydrogen (secondary N) is 2. The minimum Gasteiger partial charge on any atom is -0.359 e. The molecular formula is C12H20ClN3O. The van der Waals surface area contributed by atoms with Crippen molar-refractivity contribution in [2.45, 2.75) is 6.42 Å². The molecule has 1 unspecified atom stereocenters. The number of likely N-dealkylation sites (N-methyl/N-ethyl adjacent to an activating group) is 1. The minimum absolute atomic E-state index is 0. The molecule has 0 aromatic carbocycles. The van der Waals surface area contributed by atoms with Crippen molar-refractivity contribution in [1.29, 1.82) is 0 Å². The van der Waals surface area contributed by atoms with E-state index >= 15 is 0 Å². The van der Waals surface area contributed by atoms with E-state index in [4.69, 9.17) is 0 Å². The summed E-state index contributed by atoms with van der Waals surface area (Å²) in [4.78, 5) is 16.9. The highest BCUT2D eigenvalue weighted by Crippen LogP contribution is 2.09. The molecular weight excluding hydrogens is 238 g/mol. The van der Waals surface area contributed by atoms with Crippen LogP contribution in [-0.2, 0) is 0 Å². The van der Waals surface area contributed by atoms with Gasteiger partial charge in [0.15, 0.2) is 5.78 Å². The van der Waals surface area contributed by atoms with Crippen LogP contribution in [0, 0.1) is 5.92 Å². The van der Waals surface area contributed by atoms with Crippen molar-refractivity contribution in [2.24, 2.45) is 5.92 Å². The number of rotatable bonds is 5. The Morgan fingerprint density at radius 1 is 1.59 bits per heavy atom. The lowest BCUT2D eigenvalue weighted by atomic mass is 10.1. The zero-order valence-corrected chi connectivity index (χ0v) is 10.9. The minimum atomic E-state index is 0. The summed E-state index contributed by atoms with van der Waals surface area (Å²) < 4.78 is 0. The van der Waals surface area contributed by atoms with Gasteiger partial charge in [0.25, 0.3) is 0 Å². The van der Waals surface area contributed by atoms with Gasteiger partial charge in [0.1, 0.15) is 0 Å². The van der Waals surface area contributed by atoms with Gasteiger partial charge >= 0.3 is 0 Å². The maximum atomic E-state index is 11.8. The number of nitrogens with zero attached hydrogens (tertiary/aromatic N) is 1. The molecule has 2 rings (SSSR count). The highest BCUT2D eigenvalue weighted by Gasteiger charge is 2.18. The second-order valence-corrected chi connectivity index (χ2v) is 4.56. The first-order chi connectivity index (χ1) is 7.75. The van der Waals surface area contributed by atoms with Crippen LogP contribution in [0.3, 0.4) is 0 Å². The molecule has 1 aromatic rings. The Hall–Kier alpha value is -0.840. The molecule has 17 heavy (non-hydrogen) atoms. The molecule has 1 aliphatic rings. The number of aromatic amines is 1. The summed E-state index contributed by atoms with van der Waals surface area (Å²) in [5, 5.41) is 3.34. The maximum absolute atomic E-state index is 11.8. The van der Waals surface area contributed by atoms with E-state index in [9.17, 15) is 4.79 Å². The largest absolute Gasteiger partial charge is 0.359 e. The number of ketones is 1. The lowest BCUT2D eigenvalue weighted by molar-refractivity contribution is 0.0935. The summed E-state index contributed by atoms with van der Waals surface area (Å²) in [5.41, 5.74) is 0.705. The molecule has 96 valence electrons. The van der Waals surface area contributed by atoms with Crippen molar-refractivity contribution in [2.75, 3.05) is 33.2 Å². The molecule has 4 nitrogen and oxygen atoms in total. The number of halogens is 1. The summed E-state index contributed by atoms with van der Waals surface area (Å²) in [6.07, 6.45) is 3.01. The molecule has 0 spiro atoms. The average Bonchev–Trinajstić information content (AvgIpc) is 2.88. The number of aromatic nitrogens is 1. The Bertz CT molecular complexity index is 334.